The topological polar surface area (TPSA) is 97.2 Å². The maximum Gasteiger partial charge on any atom is 0.259 e. The number of ketones is 1. The zero-order valence-electron chi connectivity index (χ0n) is 20.9. The fourth-order valence-corrected chi connectivity index (χ4v) is 4.81. The van der Waals surface area contributed by atoms with Gasteiger partial charge in [-0.25, -0.2) is 0 Å². The highest BCUT2D eigenvalue weighted by atomic mass is 16.7. The molecule has 0 fully saturated rings. The van der Waals surface area contributed by atoms with E-state index in [9.17, 15) is 9.59 Å². The fourth-order valence-electron chi connectivity index (χ4n) is 4.81. The predicted octanol–water partition coefficient (Wildman–Crippen LogP) is 3.36. The summed E-state index contributed by atoms with van der Waals surface area (Å²) in [5.74, 6) is 1.82. The third-order valence-corrected chi connectivity index (χ3v) is 6.48. The van der Waals surface area contributed by atoms with Gasteiger partial charge in [0.25, 0.3) is 5.56 Å². The average Bonchev–Trinajstić information content (AvgIpc) is 3.44. The maximum atomic E-state index is 13.8. The average molecular weight is 495 g/mol. The monoisotopic (exact) mass is 494 g/mol. The van der Waals surface area contributed by atoms with Crippen molar-refractivity contribution in [1.82, 2.24) is 9.88 Å². The van der Waals surface area contributed by atoms with Gasteiger partial charge >= 0.3 is 0 Å². The van der Waals surface area contributed by atoms with Gasteiger partial charge < -0.3 is 33.6 Å². The quantitative estimate of drug-likeness (QED) is 0.335. The number of carbonyl (C=O) groups is 1. The second-order valence-corrected chi connectivity index (χ2v) is 9.04. The van der Waals surface area contributed by atoms with Gasteiger partial charge in [0, 0.05) is 29.6 Å². The summed E-state index contributed by atoms with van der Waals surface area (Å²) in [6, 6.07) is 6.86. The van der Waals surface area contributed by atoms with Crippen LogP contribution in [0.5, 0.6) is 23.0 Å². The molecule has 0 radical (unpaired) electrons. The predicted molar refractivity (Wildman–Crippen MR) is 135 cm³/mol. The Hall–Kier alpha value is -3.56. The smallest absolute Gasteiger partial charge is 0.259 e. The lowest BCUT2D eigenvalue weighted by Gasteiger charge is -2.17. The van der Waals surface area contributed by atoms with Crippen LogP contribution in [0.25, 0.3) is 22.0 Å². The Labute approximate surface area is 208 Å². The van der Waals surface area contributed by atoms with Crippen LogP contribution < -0.4 is 29.8 Å². The Balaban J connectivity index is 1.58. The molecule has 9 heteroatoms. The molecule has 1 aromatic heterocycles. The van der Waals surface area contributed by atoms with Gasteiger partial charge in [0.15, 0.2) is 28.8 Å². The zero-order chi connectivity index (χ0) is 25.4. The number of rotatable bonds is 10. The largest absolute Gasteiger partial charge is 0.493 e. The summed E-state index contributed by atoms with van der Waals surface area (Å²) in [6.45, 7) is 6.60. The molecule has 36 heavy (non-hydrogen) atoms. The fraction of sp³-hybridized carbons (Fsp3) is 0.407. The van der Waals surface area contributed by atoms with Crippen molar-refractivity contribution in [2.75, 3.05) is 40.7 Å². The molecule has 0 bridgehead atoms. The molecule has 5 rings (SSSR count). The van der Waals surface area contributed by atoms with Crippen LogP contribution in [0.4, 0.5) is 0 Å². The molecule has 1 aliphatic carbocycles. The van der Waals surface area contributed by atoms with E-state index >= 15 is 0 Å². The molecule has 0 saturated carbocycles. The van der Waals surface area contributed by atoms with Gasteiger partial charge in [0.05, 0.1) is 43.6 Å². The number of aromatic nitrogens is 1. The van der Waals surface area contributed by atoms with Crippen LogP contribution >= 0.6 is 0 Å². The first-order valence-corrected chi connectivity index (χ1v) is 12.1. The SMILES string of the molecule is COc1cc2c3c(n(CCCNCCOC(C)C)c(=O)c2cc1OC)-c1cc2c(cc1C3=O)OCO2. The molecule has 2 aromatic carbocycles. The van der Waals surface area contributed by atoms with Crippen LogP contribution in [0, 0.1) is 0 Å². The van der Waals surface area contributed by atoms with E-state index in [-0.39, 0.29) is 24.2 Å². The van der Waals surface area contributed by atoms with Crippen LogP contribution in [0.3, 0.4) is 0 Å². The highest BCUT2D eigenvalue weighted by Crippen LogP contribution is 2.46. The van der Waals surface area contributed by atoms with Crippen molar-refractivity contribution in [2.45, 2.75) is 32.9 Å². The Morgan fingerprint density at radius 2 is 1.61 bits per heavy atom. The molecule has 190 valence electrons. The Morgan fingerprint density at radius 1 is 0.944 bits per heavy atom. The first-order valence-electron chi connectivity index (χ1n) is 12.1. The minimum Gasteiger partial charge on any atom is -0.493 e. The molecule has 1 aliphatic heterocycles. The van der Waals surface area contributed by atoms with E-state index in [1.165, 1.54) is 14.2 Å². The number of hydrogen-bond donors (Lipinski definition) is 1. The first kappa shape index (κ1) is 24.1. The van der Waals surface area contributed by atoms with E-state index in [4.69, 9.17) is 23.7 Å². The molecule has 3 aromatic rings. The second-order valence-electron chi connectivity index (χ2n) is 9.04. The van der Waals surface area contributed by atoms with Gasteiger partial charge in [-0.1, -0.05) is 0 Å². The molecular weight excluding hydrogens is 464 g/mol. The van der Waals surface area contributed by atoms with Crippen LogP contribution in [-0.4, -0.2) is 57.2 Å². The Morgan fingerprint density at radius 3 is 2.28 bits per heavy atom. The molecule has 2 aliphatic rings. The van der Waals surface area contributed by atoms with E-state index in [0.717, 1.165) is 6.54 Å². The number of pyridine rings is 1. The van der Waals surface area contributed by atoms with E-state index in [0.29, 0.717) is 82.3 Å². The number of hydrogen-bond acceptors (Lipinski definition) is 8. The maximum absolute atomic E-state index is 13.8. The van der Waals surface area contributed by atoms with Crippen molar-refractivity contribution in [3.63, 3.8) is 0 Å². The summed E-state index contributed by atoms with van der Waals surface area (Å²) in [7, 11) is 3.05. The molecule has 1 N–H and O–H groups in total. The highest BCUT2D eigenvalue weighted by molar-refractivity contribution is 6.27. The molecule has 0 spiro atoms. The van der Waals surface area contributed by atoms with Crippen molar-refractivity contribution in [2.24, 2.45) is 0 Å². The van der Waals surface area contributed by atoms with Gasteiger partial charge in [0.1, 0.15) is 0 Å². The van der Waals surface area contributed by atoms with Gasteiger partial charge in [0.2, 0.25) is 6.79 Å². The van der Waals surface area contributed by atoms with Crippen LogP contribution in [0.2, 0.25) is 0 Å². The lowest BCUT2D eigenvalue weighted by molar-refractivity contribution is 0.0808. The summed E-state index contributed by atoms with van der Waals surface area (Å²) in [5, 5.41) is 4.30. The Kier molecular flexibility index (Phi) is 6.59. The molecule has 0 unspecified atom stereocenters. The zero-order valence-corrected chi connectivity index (χ0v) is 20.9. The van der Waals surface area contributed by atoms with E-state index < -0.39 is 0 Å². The minimum atomic E-state index is -0.189. The van der Waals surface area contributed by atoms with Crippen molar-refractivity contribution in [3.8, 4) is 34.3 Å². The van der Waals surface area contributed by atoms with E-state index in [1.54, 1.807) is 28.8 Å². The number of methoxy groups -OCH3 is 2. The number of nitrogens with one attached hydrogen (secondary N) is 1. The standard InChI is InChI=1S/C27H30N2O7/c1-15(2)34-9-7-28-6-5-8-29-25-17-11-22-23(36-14-35-22)12-18(17)26(30)24(25)16-10-20(32-3)21(33-4)13-19(16)27(29)31/h10-13,15,28H,5-9,14H2,1-4H3. The van der Waals surface area contributed by atoms with Crippen LogP contribution in [0.15, 0.2) is 29.1 Å². The molecular formula is C27H30N2O7. The number of fused-ring (bicyclic) bond motifs is 6. The van der Waals surface area contributed by atoms with Crippen molar-refractivity contribution < 1.29 is 28.5 Å². The van der Waals surface area contributed by atoms with Crippen molar-refractivity contribution in [3.05, 3.63) is 45.7 Å². The number of nitrogens with zero attached hydrogens (tertiary/aromatic N) is 1. The molecule has 0 atom stereocenters. The molecule has 2 heterocycles. The van der Waals surface area contributed by atoms with Crippen LogP contribution in [-0.2, 0) is 11.3 Å². The summed E-state index contributed by atoms with van der Waals surface area (Å²) >= 11 is 0. The highest BCUT2D eigenvalue weighted by Gasteiger charge is 2.35. The summed E-state index contributed by atoms with van der Waals surface area (Å²) in [5.41, 5.74) is 2.05. The third kappa shape index (κ3) is 4.08. The van der Waals surface area contributed by atoms with Gasteiger partial charge in [-0.2, -0.15) is 0 Å². The normalized spacial score (nSPS) is 13.4. The second kappa shape index (κ2) is 9.83. The van der Waals surface area contributed by atoms with Gasteiger partial charge in [-0.05, 0) is 51.1 Å². The van der Waals surface area contributed by atoms with Gasteiger partial charge in [-0.3, -0.25) is 9.59 Å². The third-order valence-electron chi connectivity index (χ3n) is 6.48. The Bertz CT molecular complexity index is 1390. The number of carbonyl (C=O) groups excluding carboxylic acids is 1. The van der Waals surface area contributed by atoms with Crippen molar-refractivity contribution >= 4 is 16.6 Å². The number of benzene rings is 2. The van der Waals surface area contributed by atoms with E-state index in [1.807, 2.05) is 13.8 Å². The van der Waals surface area contributed by atoms with E-state index in [2.05, 4.69) is 5.32 Å². The molecule has 0 saturated heterocycles. The minimum absolute atomic E-state index is 0.104. The lowest BCUT2D eigenvalue weighted by Crippen LogP contribution is -2.27. The number of ether oxygens (including phenoxy) is 5. The van der Waals surface area contributed by atoms with Crippen molar-refractivity contribution in [1.29, 1.82) is 0 Å². The van der Waals surface area contributed by atoms with Crippen LogP contribution in [0.1, 0.15) is 36.2 Å². The summed E-state index contributed by atoms with van der Waals surface area (Å²) in [4.78, 5) is 27.5. The van der Waals surface area contributed by atoms with Gasteiger partial charge in [-0.15, -0.1) is 0 Å². The lowest BCUT2D eigenvalue weighted by atomic mass is 10.0. The molecule has 9 nitrogen and oxygen atoms in total. The first-order chi connectivity index (χ1) is 17.4. The summed E-state index contributed by atoms with van der Waals surface area (Å²) in [6.07, 6.45) is 0.885. The summed E-state index contributed by atoms with van der Waals surface area (Å²) < 4.78 is 29.3. The molecule has 0 amide bonds.